The van der Waals surface area contributed by atoms with Gasteiger partial charge in [0.1, 0.15) is 5.82 Å². The predicted octanol–water partition coefficient (Wildman–Crippen LogP) is 5.51. The lowest BCUT2D eigenvalue weighted by Crippen LogP contribution is -2.15. The summed E-state index contributed by atoms with van der Waals surface area (Å²) < 4.78 is 0. The molecular weight excluding hydrogens is 396 g/mol. The second-order valence-corrected chi connectivity index (χ2v) is 8.41. The van der Waals surface area contributed by atoms with Crippen molar-refractivity contribution in [1.82, 2.24) is 9.97 Å². The number of nitrogens with zero attached hydrogens (tertiary/aromatic N) is 3. The van der Waals surface area contributed by atoms with Crippen LogP contribution in [-0.2, 0) is 0 Å². The summed E-state index contributed by atoms with van der Waals surface area (Å²) in [5.74, 6) is 1.29. The van der Waals surface area contributed by atoms with Gasteiger partial charge in [0.25, 0.3) is 0 Å². The lowest BCUT2D eigenvalue weighted by molar-refractivity contribution is 0.208. The molecule has 1 aliphatic carbocycles. The van der Waals surface area contributed by atoms with Crippen LogP contribution in [0.1, 0.15) is 36.8 Å². The van der Waals surface area contributed by atoms with E-state index in [0.29, 0.717) is 18.0 Å². The number of hydrogen-bond donors (Lipinski definition) is 2. The van der Waals surface area contributed by atoms with Gasteiger partial charge in [-0.25, -0.2) is 4.98 Å². The fourth-order valence-corrected chi connectivity index (χ4v) is 4.15. The molecule has 4 aromatic rings. The molecule has 2 aromatic heterocycles. The van der Waals surface area contributed by atoms with Crippen LogP contribution >= 0.6 is 0 Å². The number of anilines is 1. The molecule has 1 fully saturated rings. The maximum absolute atomic E-state index is 9.47. The van der Waals surface area contributed by atoms with E-state index >= 15 is 0 Å². The minimum Gasteiger partial charge on any atom is -0.392 e. The molecule has 1 atom stereocenters. The monoisotopic (exact) mass is 420 g/mol. The number of nitrogens with one attached hydrogen (secondary N) is 1. The van der Waals surface area contributed by atoms with Gasteiger partial charge in [-0.3, -0.25) is 4.98 Å². The molecule has 5 nitrogen and oxygen atoms in total. The maximum Gasteiger partial charge on any atom is 0.126 e. The van der Waals surface area contributed by atoms with Gasteiger partial charge in [0.05, 0.1) is 23.3 Å². The highest BCUT2D eigenvalue weighted by atomic mass is 16.3. The van der Waals surface area contributed by atoms with Crippen LogP contribution in [-0.4, -0.2) is 27.7 Å². The number of aliphatic hydroxyl groups is 1. The third kappa shape index (κ3) is 3.93. The van der Waals surface area contributed by atoms with Gasteiger partial charge in [-0.2, -0.15) is 5.26 Å². The first-order valence-electron chi connectivity index (χ1n) is 10.9. The van der Waals surface area contributed by atoms with Crippen LogP contribution in [0.5, 0.6) is 0 Å². The first kappa shape index (κ1) is 20.2. The molecular formula is C27H24N4O. The Hall–Kier alpha value is -3.75. The van der Waals surface area contributed by atoms with Crippen LogP contribution in [0.3, 0.4) is 0 Å². The maximum atomic E-state index is 9.47. The Morgan fingerprint density at radius 1 is 1.00 bits per heavy atom. The minimum atomic E-state index is -0.423. The number of aliphatic hydroxyl groups excluding tert-OH is 1. The van der Waals surface area contributed by atoms with Gasteiger partial charge in [0.15, 0.2) is 0 Å². The molecule has 5 rings (SSSR count). The third-order valence-electron chi connectivity index (χ3n) is 5.90. The quantitative estimate of drug-likeness (QED) is 0.430. The number of benzene rings is 2. The van der Waals surface area contributed by atoms with Crippen molar-refractivity contribution in [2.75, 3.05) is 11.9 Å². The second kappa shape index (κ2) is 8.41. The fraction of sp³-hybridized carbons (Fsp3) is 0.222. The summed E-state index contributed by atoms with van der Waals surface area (Å²) in [5, 5.41) is 22.9. The lowest BCUT2D eigenvalue weighted by Gasteiger charge is -2.15. The molecule has 1 aliphatic rings. The molecule has 158 valence electrons. The van der Waals surface area contributed by atoms with Crippen molar-refractivity contribution in [2.24, 2.45) is 0 Å². The normalized spacial score (nSPS) is 14.2. The van der Waals surface area contributed by atoms with Gasteiger partial charge >= 0.3 is 0 Å². The highest BCUT2D eigenvalue weighted by molar-refractivity contribution is 5.98. The minimum absolute atomic E-state index is 0.423. The molecule has 5 heteroatoms. The standard InChI is InChI=1S/C27H24N4O/c1-17(32)14-29-25-12-11-21(15-30-25)24-16-31-27-22(19-7-5-18(13-28)6-8-19)3-2-4-23(27)26(24)20-9-10-20/h2-8,11-12,15-17,20,32H,9-10,14H2,1H3,(H,29,30)/t17-/m0/s1. The van der Waals surface area contributed by atoms with E-state index in [0.717, 1.165) is 33.6 Å². The second-order valence-electron chi connectivity index (χ2n) is 8.41. The van der Waals surface area contributed by atoms with Gasteiger partial charge in [-0.05, 0) is 61.1 Å². The van der Waals surface area contributed by atoms with Crippen LogP contribution in [0.4, 0.5) is 5.82 Å². The number of aromatic nitrogens is 2. The SMILES string of the molecule is C[C@H](O)CNc1ccc(-c2cnc3c(-c4ccc(C#N)cc4)cccc3c2C2CC2)cn1. The zero-order valence-electron chi connectivity index (χ0n) is 17.9. The van der Waals surface area contributed by atoms with Crippen molar-refractivity contribution in [3.8, 4) is 28.3 Å². The predicted molar refractivity (Wildman–Crippen MR) is 127 cm³/mol. The van der Waals surface area contributed by atoms with Crippen LogP contribution in [0.15, 0.2) is 67.0 Å². The molecule has 2 aromatic carbocycles. The van der Waals surface area contributed by atoms with E-state index in [9.17, 15) is 5.11 Å². The lowest BCUT2D eigenvalue weighted by atomic mass is 9.92. The average Bonchev–Trinajstić information content (AvgIpc) is 3.67. The highest BCUT2D eigenvalue weighted by Crippen LogP contribution is 2.48. The van der Waals surface area contributed by atoms with E-state index in [-0.39, 0.29) is 0 Å². The summed E-state index contributed by atoms with van der Waals surface area (Å²) in [7, 11) is 0. The van der Waals surface area contributed by atoms with Crippen molar-refractivity contribution in [1.29, 1.82) is 5.26 Å². The number of pyridine rings is 2. The Bertz CT molecular complexity index is 1300. The topological polar surface area (TPSA) is 81.8 Å². The summed E-state index contributed by atoms with van der Waals surface area (Å²) in [6, 6.07) is 20.2. The van der Waals surface area contributed by atoms with Gasteiger partial charge in [-0.1, -0.05) is 30.3 Å². The Balaban J connectivity index is 1.58. The van der Waals surface area contributed by atoms with Gasteiger partial charge in [-0.15, -0.1) is 0 Å². The zero-order valence-corrected chi connectivity index (χ0v) is 17.9. The number of para-hydroxylation sites is 1. The summed E-state index contributed by atoms with van der Waals surface area (Å²) in [4.78, 5) is 9.42. The summed E-state index contributed by atoms with van der Waals surface area (Å²) >= 11 is 0. The number of hydrogen-bond acceptors (Lipinski definition) is 5. The molecule has 32 heavy (non-hydrogen) atoms. The zero-order chi connectivity index (χ0) is 22.1. The van der Waals surface area contributed by atoms with Crippen LogP contribution in [0.2, 0.25) is 0 Å². The molecule has 2 heterocycles. The molecule has 0 bridgehead atoms. The first-order chi connectivity index (χ1) is 15.6. The van der Waals surface area contributed by atoms with Crippen LogP contribution in [0, 0.1) is 11.3 Å². The Labute approximate surface area is 187 Å². The Morgan fingerprint density at radius 3 is 2.44 bits per heavy atom. The molecule has 0 radical (unpaired) electrons. The van der Waals surface area contributed by atoms with E-state index in [4.69, 9.17) is 10.2 Å². The third-order valence-corrected chi connectivity index (χ3v) is 5.90. The van der Waals surface area contributed by atoms with E-state index in [1.54, 1.807) is 6.92 Å². The van der Waals surface area contributed by atoms with Crippen LogP contribution < -0.4 is 5.32 Å². The van der Waals surface area contributed by atoms with Gasteiger partial charge in [0, 0.05) is 41.0 Å². The summed E-state index contributed by atoms with van der Waals surface area (Å²) in [6.45, 7) is 2.21. The largest absolute Gasteiger partial charge is 0.392 e. The van der Waals surface area contributed by atoms with Crippen molar-refractivity contribution in [3.05, 3.63) is 78.1 Å². The number of fused-ring (bicyclic) bond motifs is 1. The van der Waals surface area contributed by atoms with E-state index < -0.39 is 6.10 Å². The average molecular weight is 421 g/mol. The number of nitriles is 1. The first-order valence-corrected chi connectivity index (χ1v) is 10.9. The van der Waals surface area contributed by atoms with E-state index in [1.807, 2.05) is 42.7 Å². The van der Waals surface area contributed by atoms with E-state index in [2.05, 4.69) is 40.6 Å². The van der Waals surface area contributed by atoms with Gasteiger partial charge < -0.3 is 10.4 Å². The number of rotatable bonds is 6. The van der Waals surface area contributed by atoms with Crippen molar-refractivity contribution >= 4 is 16.7 Å². The molecule has 1 saturated carbocycles. The molecule has 0 spiro atoms. The van der Waals surface area contributed by atoms with Crippen molar-refractivity contribution < 1.29 is 5.11 Å². The smallest absolute Gasteiger partial charge is 0.126 e. The summed E-state index contributed by atoms with van der Waals surface area (Å²) in [5.41, 5.74) is 7.31. The van der Waals surface area contributed by atoms with Crippen molar-refractivity contribution in [2.45, 2.75) is 31.8 Å². The Morgan fingerprint density at radius 2 is 1.78 bits per heavy atom. The molecule has 2 N–H and O–H groups in total. The van der Waals surface area contributed by atoms with E-state index in [1.165, 1.54) is 23.8 Å². The Kier molecular flexibility index (Phi) is 5.30. The van der Waals surface area contributed by atoms with Gasteiger partial charge in [0.2, 0.25) is 0 Å². The molecule has 0 unspecified atom stereocenters. The van der Waals surface area contributed by atoms with Crippen LogP contribution in [0.25, 0.3) is 33.2 Å². The molecule has 0 amide bonds. The summed E-state index contributed by atoms with van der Waals surface area (Å²) in [6.07, 6.45) is 5.81. The van der Waals surface area contributed by atoms with Crippen molar-refractivity contribution in [3.63, 3.8) is 0 Å². The fourth-order valence-electron chi connectivity index (χ4n) is 4.15. The molecule has 0 saturated heterocycles. The highest BCUT2D eigenvalue weighted by Gasteiger charge is 2.29. The molecule has 0 aliphatic heterocycles.